The molecule has 5 nitrogen and oxygen atoms in total. The number of carbonyl (C=O) groups excluding carboxylic acids is 2. The fourth-order valence-electron chi connectivity index (χ4n) is 2.54. The first-order chi connectivity index (χ1) is 10.9. The zero-order valence-corrected chi connectivity index (χ0v) is 14.2. The Kier molecular flexibility index (Phi) is 5.42. The lowest BCUT2D eigenvalue weighted by Crippen LogP contribution is -2.33. The van der Waals surface area contributed by atoms with Crippen LogP contribution in [0.1, 0.15) is 31.9 Å². The first-order valence-electron chi connectivity index (χ1n) is 7.84. The highest BCUT2D eigenvalue weighted by molar-refractivity contribution is 5.90. The molecule has 1 atom stereocenters. The predicted molar refractivity (Wildman–Crippen MR) is 90.6 cm³/mol. The molecule has 5 heteroatoms. The van der Waals surface area contributed by atoms with E-state index in [9.17, 15) is 9.59 Å². The molecular formula is C18H24N2O3. The molecule has 0 aliphatic carbocycles. The zero-order chi connectivity index (χ0) is 17.0. The molecule has 2 rings (SSSR count). The van der Waals surface area contributed by atoms with Crippen molar-refractivity contribution in [2.24, 2.45) is 0 Å². The molecule has 1 N–H and O–H groups in total. The van der Waals surface area contributed by atoms with Crippen molar-refractivity contribution in [2.75, 3.05) is 18.0 Å². The fourth-order valence-corrected chi connectivity index (χ4v) is 2.54. The molecule has 1 aliphatic rings. The quantitative estimate of drug-likeness (QED) is 0.850. The lowest BCUT2D eigenvalue weighted by Gasteiger charge is -2.16. The number of carbonyl (C=O) groups is 2. The predicted octanol–water partition coefficient (Wildman–Crippen LogP) is 2.97. The van der Waals surface area contributed by atoms with Crippen molar-refractivity contribution in [3.8, 4) is 0 Å². The standard InChI is InChI=1S/C18H24N2O3/c1-5-12(2)8-15-6-7-16(9-13(15)3)20-11-17(23-18(20)22)10-19-14(4)21/h5-7,9,17H,8,10-11H2,1-4H3,(H,19,21)/t17-/m0/s1. The number of allylic oxidation sites excluding steroid dienone is 2. The van der Waals surface area contributed by atoms with E-state index in [0.29, 0.717) is 13.1 Å². The van der Waals surface area contributed by atoms with Crippen LogP contribution in [-0.4, -0.2) is 31.2 Å². The summed E-state index contributed by atoms with van der Waals surface area (Å²) >= 11 is 0. The van der Waals surface area contributed by atoms with Gasteiger partial charge in [0.05, 0.1) is 13.1 Å². The maximum Gasteiger partial charge on any atom is 0.414 e. The van der Waals surface area contributed by atoms with Gasteiger partial charge in [-0.25, -0.2) is 4.79 Å². The molecule has 124 valence electrons. The van der Waals surface area contributed by atoms with Gasteiger partial charge in [0.15, 0.2) is 0 Å². The summed E-state index contributed by atoms with van der Waals surface area (Å²) in [6.45, 7) is 8.44. The third-order valence-electron chi connectivity index (χ3n) is 4.05. The minimum absolute atomic E-state index is 0.126. The molecular weight excluding hydrogens is 292 g/mol. The van der Waals surface area contributed by atoms with Gasteiger partial charge in [0.1, 0.15) is 6.10 Å². The number of ether oxygens (including phenoxy) is 1. The largest absolute Gasteiger partial charge is 0.442 e. The summed E-state index contributed by atoms with van der Waals surface area (Å²) in [7, 11) is 0. The van der Waals surface area contributed by atoms with Gasteiger partial charge in [-0.05, 0) is 50.5 Å². The van der Waals surface area contributed by atoms with E-state index in [4.69, 9.17) is 4.74 Å². The fraction of sp³-hybridized carbons (Fsp3) is 0.444. The van der Waals surface area contributed by atoms with Gasteiger partial charge in [-0.3, -0.25) is 9.69 Å². The molecule has 1 saturated heterocycles. The molecule has 1 fully saturated rings. The summed E-state index contributed by atoms with van der Waals surface area (Å²) < 4.78 is 5.29. The summed E-state index contributed by atoms with van der Waals surface area (Å²) in [5, 5.41) is 2.68. The Morgan fingerprint density at radius 2 is 2.17 bits per heavy atom. The Bertz CT molecular complexity index is 637. The van der Waals surface area contributed by atoms with Crippen LogP contribution >= 0.6 is 0 Å². The van der Waals surface area contributed by atoms with Crippen molar-refractivity contribution in [1.82, 2.24) is 5.32 Å². The first kappa shape index (κ1) is 17.1. The van der Waals surface area contributed by atoms with Crippen LogP contribution in [0, 0.1) is 6.92 Å². The molecule has 0 radical (unpaired) electrons. The average Bonchev–Trinajstić information content (AvgIpc) is 2.88. The second-order valence-corrected chi connectivity index (χ2v) is 5.98. The second-order valence-electron chi connectivity index (χ2n) is 5.98. The molecule has 1 aliphatic heterocycles. The third kappa shape index (κ3) is 4.34. The van der Waals surface area contributed by atoms with E-state index in [-0.39, 0.29) is 18.1 Å². The van der Waals surface area contributed by atoms with Crippen LogP contribution in [0.15, 0.2) is 29.8 Å². The lowest BCUT2D eigenvalue weighted by atomic mass is 10.0. The number of hydrogen-bond donors (Lipinski definition) is 1. The first-order valence-corrected chi connectivity index (χ1v) is 7.84. The topological polar surface area (TPSA) is 58.6 Å². The summed E-state index contributed by atoms with van der Waals surface area (Å²) in [6, 6.07) is 6.03. The minimum Gasteiger partial charge on any atom is -0.442 e. The van der Waals surface area contributed by atoms with Gasteiger partial charge < -0.3 is 10.1 Å². The summed E-state index contributed by atoms with van der Waals surface area (Å²) in [6.07, 6.45) is 2.35. The van der Waals surface area contributed by atoms with Crippen molar-refractivity contribution < 1.29 is 14.3 Å². The molecule has 1 aromatic carbocycles. The molecule has 2 amide bonds. The molecule has 0 bridgehead atoms. The van der Waals surface area contributed by atoms with Gasteiger partial charge in [-0.15, -0.1) is 0 Å². The van der Waals surface area contributed by atoms with Crippen LogP contribution in [0.5, 0.6) is 0 Å². The molecule has 0 saturated carbocycles. The molecule has 0 unspecified atom stereocenters. The van der Waals surface area contributed by atoms with Crippen molar-refractivity contribution in [3.63, 3.8) is 0 Å². The monoisotopic (exact) mass is 316 g/mol. The van der Waals surface area contributed by atoms with Crippen LogP contribution in [-0.2, 0) is 16.0 Å². The number of benzene rings is 1. The molecule has 0 spiro atoms. The second kappa shape index (κ2) is 7.31. The number of cyclic esters (lactones) is 1. The van der Waals surface area contributed by atoms with Gasteiger partial charge in [-0.1, -0.05) is 17.7 Å². The van der Waals surface area contributed by atoms with Gasteiger partial charge >= 0.3 is 6.09 Å². The van der Waals surface area contributed by atoms with E-state index in [1.165, 1.54) is 18.1 Å². The van der Waals surface area contributed by atoms with Crippen molar-refractivity contribution >= 4 is 17.7 Å². The molecule has 0 aromatic heterocycles. The van der Waals surface area contributed by atoms with Crippen LogP contribution in [0.3, 0.4) is 0 Å². The van der Waals surface area contributed by atoms with Gasteiger partial charge in [0, 0.05) is 12.6 Å². The van der Waals surface area contributed by atoms with E-state index in [1.807, 2.05) is 19.1 Å². The normalized spacial score (nSPS) is 18.1. The Balaban J connectivity index is 2.08. The van der Waals surface area contributed by atoms with E-state index < -0.39 is 0 Å². The number of nitrogens with one attached hydrogen (secondary N) is 1. The van der Waals surface area contributed by atoms with E-state index in [2.05, 4.69) is 31.3 Å². The van der Waals surface area contributed by atoms with Gasteiger partial charge in [0.25, 0.3) is 0 Å². The smallest absolute Gasteiger partial charge is 0.414 e. The Hall–Kier alpha value is -2.30. The Labute approximate surface area is 137 Å². The zero-order valence-electron chi connectivity index (χ0n) is 14.2. The number of hydrogen-bond acceptors (Lipinski definition) is 3. The number of rotatable bonds is 5. The van der Waals surface area contributed by atoms with E-state index >= 15 is 0 Å². The van der Waals surface area contributed by atoms with Crippen molar-refractivity contribution in [1.29, 1.82) is 0 Å². The maximum atomic E-state index is 12.0. The average molecular weight is 316 g/mol. The Morgan fingerprint density at radius 1 is 1.43 bits per heavy atom. The number of anilines is 1. The number of nitrogens with zero attached hydrogens (tertiary/aromatic N) is 1. The van der Waals surface area contributed by atoms with Crippen molar-refractivity contribution in [3.05, 3.63) is 41.0 Å². The Morgan fingerprint density at radius 3 is 2.78 bits per heavy atom. The van der Waals surface area contributed by atoms with E-state index in [1.54, 1.807) is 4.90 Å². The van der Waals surface area contributed by atoms with Gasteiger partial charge in [-0.2, -0.15) is 0 Å². The maximum absolute atomic E-state index is 12.0. The SMILES string of the molecule is CC=C(C)Cc1ccc(N2C[C@H](CNC(C)=O)OC2=O)cc1C. The summed E-state index contributed by atoms with van der Waals surface area (Å²) in [4.78, 5) is 24.6. The van der Waals surface area contributed by atoms with Gasteiger partial charge in [0.2, 0.25) is 5.91 Å². The summed E-state index contributed by atoms with van der Waals surface area (Å²) in [5.41, 5.74) is 4.56. The van der Waals surface area contributed by atoms with Crippen molar-refractivity contribution in [2.45, 2.75) is 40.2 Å². The van der Waals surface area contributed by atoms with Crippen LogP contribution in [0.25, 0.3) is 0 Å². The van der Waals surface area contributed by atoms with Crippen LogP contribution in [0.4, 0.5) is 10.5 Å². The van der Waals surface area contributed by atoms with Crippen LogP contribution in [0.2, 0.25) is 0 Å². The number of amides is 2. The minimum atomic E-state index is -0.364. The van der Waals surface area contributed by atoms with E-state index in [0.717, 1.165) is 17.7 Å². The number of aryl methyl sites for hydroxylation is 1. The highest BCUT2D eigenvalue weighted by Crippen LogP contribution is 2.25. The lowest BCUT2D eigenvalue weighted by molar-refractivity contribution is -0.119. The molecule has 1 heterocycles. The third-order valence-corrected chi connectivity index (χ3v) is 4.05. The molecule has 1 aromatic rings. The highest BCUT2D eigenvalue weighted by Gasteiger charge is 2.32. The molecule has 23 heavy (non-hydrogen) atoms. The summed E-state index contributed by atoms with van der Waals surface area (Å²) in [5.74, 6) is -0.126. The van der Waals surface area contributed by atoms with Crippen LogP contribution < -0.4 is 10.2 Å². The highest BCUT2D eigenvalue weighted by atomic mass is 16.6.